The molecule has 0 aliphatic carbocycles. The molecule has 3 rings (SSSR count). The molecule has 0 saturated heterocycles. The van der Waals surface area contributed by atoms with E-state index in [4.69, 9.17) is 15.3 Å². The molecule has 8 nitrogen and oxygen atoms in total. The van der Waals surface area contributed by atoms with Crippen LogP contribution in [0.4, 0.5) is 0 Å². The van der Waals surface area contributed by atoms with Crippen molar-refractivity contribution in [3.05, 3.63) is 106 Å². The number of benzene rings is 3. The standard InChI is InChI=1S/C16H14O4.C10H10O4/c17-15(18)13-8-6-11(7-9-13)10-14(16(19)20)12-4-2-1-3-5-12;1-2-6-3-4-7(9(11)12)5-8(6)10(13)14/h1-9,14H,10H2,(H,17,18)(H,19,20);3-5H,2H2,1H3,(H,11,12)(H,13,14). The van der Waals surface area contributed by atoms with E-state index >= 15 is 0 Å². The summed E-state index contributed by atoms with van der Waals surface area (Å²) in [6.45, 7) is 1.82. The maximum atomic E-state index is 11.4. The van der Waals surface area contributed by atoms with Crippen molar-refractivity contribution in [2.24, 2.45) is 0 Å². The molecule has 176 valence electrons. The van der Waals surface area contributed by atoms with Gasteiger partial charge in [0.05, 0.1) is 22.6 Å². The normalized spacial score (nSPS) is 11.0. The van der Waals surface area contributed by atoms with Gasteiger partial charge in [0, 0.05) is 0 Å². The Morgan fingerprint density at radius 1 is 0.706 bits per heavy atom. The van der Waals surface area contributed by atoms with Crippen molar-refractivity contribution < 1.29 is 39.6 Å². The zero-order valence-corrected chi connectivity index (χ0v) is 18.3. The summed E-state index contributed by atoms with van der Waals surface area (Å²) in [6.07, 6.45) is 0.904. The number of aryl methyl sites for hydroxylation is 1. The van der Waals surface area contributed by atoms with E-state index in [2.05, 4.69) is 0 Å². The van der Waals surface area contributed by atoms with Gasteiger partial charge in [-0.25, -0.2) is 14.4 Å². The minimum atomic E-state index is -1.12. The van der Waals surface area contributed by atoms with Gasteiger partial charge < -0.3 is 20.4 Å². The van der Waals surface area contributed by atoms with E-state index in [1.165, 1.54) is 30.3 Å². The summed E-state index contributed by atoms with van der Waals surface area (Å²) in [6, 6.07) is 19.4. The third-order valence-electron chi connectivity index (χ3n) is 5.11. The molecule has 8 heteroatoms. The van der Waals surface area contributed by atoms with Crippen LogP contribution in [0.25, 0.3) is 0 Å². The average molecular weight is 464 g/mol. The van der Waals surface area contributed by atoms with Crippen LogP contribution in [0.5, 0.6) is 0 Å². The van der Waals surface area contributed by atoms with E-state index in [1.807, 2.05) is 13.0 Å². The summed E-state index contributed by atoms with van der Waals surface area (Å²) in [7, 11) is 0. The highest BCUT2D eigenvalue weighted by atomic mass is 16.4. The molecular formula is C26H24O8. The second kappa shape index (κ2) is 12.0. The number of rotatable bonds is 8. The SMILES string of the molecule is CCc1ccc(C(=O)O)cc1C(=O)O.O=C(O)c1ccc(CC(C(=O)O)c2ccccc2)cc1. The maximum absolute atomic E-state index is 11.4. The molecule has 0 fully saturated rings. The van der Waals surface area contributed by atoms with Gasteiger partial charge in [-0.1, -0.05) is 55.5 Å². The van der Waals surface area contributed by atoms with Gasteiger partial charge in [-0.2, -0.15) is 0 Å². The predicted molar refractivity (Wildman–Crippen MR) is 124 cm³/mol. The molecule has 0 amide bonds. The number of hydrogen-bond acceptors (Lipinski definition) is 4. The molecule has 0 aliphatic rings. The van der Waals surface area contributed by atoms with Crippen LogP contribution < -0.4 is 0 Å². The van der Waals surface area contributed by atoms with Crippen molar-refractivity contribution in [3.8, 4) is 0 Å². The molecule has 1 unspecified atom stereocenters. The Hall–Kier alpha value is -4.46. The van der Waals surface area contributed by atoms with Gasteiger partial charge in [0.15, 0.2) is 0 Å². The fourth-order valence-corrected chi connectivity index (χ4v) is 3.27. The van der Waals surface area contributed by atoms with Crippen LogP contribution in [0.3, 0.4) is 0 Å². The third kappa shape index (κ3) is 7.03. The molecule has 0 aromatic heterocycles. The molecule has 0 spiro atoms. The summed E-state index contributed by atoms with van der Waals surface area (Å²) in [4.78, 5) is 43.5. The van der Waals surface area contributed by atoms with Gasteiger partial charge in [-0.3, -0.25) is 4.79 Å². The molecule has 3 aromatic carbocycles. The number of carboxylic acids is 4. The molecular weight excluding hydrogens is 440 g/mol. The van der Waals surface area contributed by atoms with Crippen LogP contribution >= 0.6 is 0 Å². The smallest absolute Gasteiger partial charge is 0.335 e. The second-order valence-electron chi connectivity index (χ2n) is 7.34. The highest BCUT2D eigenvalue weighted by Crippen LogP contribution is 2.21. The molecule has 34 heavy (non-hydrogen) atoms. The van der Waals surface area contributed by atoms with Crippen molar-refractivity contribution in [2.45, 2.75) is 25.7 Å². The van der Waals surface area contributed by atoms with Crippen molar-refractivity contribution in [1.82, 2.24) is 0 Å². The Bertz CT molecular complexity index is 1170. The number of aliphatic carboxylic acids is 1. The van der Waals surface area contributed by atoms with Gasteiger partial charge in [-0.05, 0) is 53.8 Å². The first kappa shape index (κ1) is 25.8. The van der Waals surface area contributed by atoms with E-state index in [9.17, 15) is 24.3 Å². The molecule has 0 heterocycles. The minimum Gasteiger partial charge on any atom is -0.481 e. The zero-order chi connectivity index (χ0) is 25.3. The summed E-state index contributed by atoms with van der Waals surface area (Å²) in [5, 5.41) is 35.6. The number of aromatic carboxylic acids is 3. The summed E-state index contributed by atoms with van der Waals surface area (Å²) in [5.74, 6) is -4.72. The first-order chi connectivity index (χ1) is 16.1. The second-order valence-corrected chi connectivity index (χ2v) is 7.34. The monoisotopic (exact) mass is 464 g/mol. The van der Waals surface area contributed by atoms with E-state index in [0.717, 1.165) is 11.1 Å². The van der Waals surface area contributed by atoms with E-state index in [-0.39, 0.29) is 16.7 Å². The van der Waals surface area contributed by atoms with E-state index < -0.39 is 29.8 Å². The van der Waals surface area contributed by atoms with E-state index in [1.54, 1.807) is 36.4 Å². The number of carbonyl (C=O) groups is 4. The topological polar surface area (TPSA) is 149 Å². The van der Waals surface area contributed by atoms with Gasteiger partial charge >= 0.3 is 23.9 Å². The fourth-order valence-electron chi connectivity index (χ4n) is 3.27. The molecule has 1 atom stereocenters. The quantitative estimate of drug-likeness (QED) is 0.382. The summed E-state index contributed by atoms with van der Waals surface area (Å²) in [5.41, 5.74) is 2.43. The Kier molecular flexibility index (Phi) is 9.08. The number of carboxylic acid groups (broad SMARTS) is 4. The van der Waals surface area contributed by atoms with Crippen molar-refractivity contribution in [2.75, 3.05) is 0 Å². The molecule has 4 N–H and O–H groups in total. The van der Waals surface area contributed by atoms with Crippen LogP contribution in [0.15, 0.2) is 72.8 Å². The Morgan fingerprint density at radius 2 is 1.26 bits per heavy atom. The highest BCUT2D eigenvalue weighted by Gasteiger charge is 2.20. The fraction of sp³-hybridized carbons (Fsp3) is 0.154. The molecule has 0 aliphatic heterocycles. The lowest BCUT2D eigenvalue weighted by Gasteiger charge is -2.13. The first-order valence-corrected chi connectivity index (χ1v) is 10.3. The van der Waals surface area contributed by atoms with Crippen LogP contribution in [-0.4, -0.2) is 44.3 Å². The first-order valence-electron chi connectivity index (χ1n) is 10.3. The largest absolute Gasteiger partial charge is 0.481 e. The van der Waals surface area contributed by atoms with Crippen molar-refractivity contribution in [1.29, 1.82) is 0 Å². The molecule has 0 radical (unpaired) electrons. The van der Waals surface area contributed by atoms with Crippen LogP contribution in [0.1, 0.15) is 60.6 Å². The van der Waals surface area contributed by atoms with Gasteiger partial charge in [0.2, 0.25) is 0 Å². The Morgan fingerprint density at radius 3 is 1.74 bits per heavy atom. The van der Waals surface area contributed by atoms with E-state index in [0.29, 0.717) is 18.4 Å². The van der Waals surface area contributed by atoms with Crippen LogP contribution in [0, 0.1) is 0 Å². The van der Waals surface area contributed by atoms with Crippen LogP contribution in [0.2, 0.25) is 0 Å². The predicted octanol–water partition coefficient (Wildman–Crippen LogP) is 4.44. The maximum Gasteiger partial charge on any atom is 0.335 e. The lowest BCUT2D eigenvalue weighted by Crippen LogP contribution is -2.14. The molecule has 3 aromatic rings. The van der Waals surface area contributed by atoms with Gasteiger partial charge in [-0.15, -0.1) is 0 Å². The Labute approximate surface area is 195 Å². The number of hydrogen-bond donors (Lipinski definition) is 4. The van der Waals surface area contributed by atoms with Gasteiger partial charge in [0.25, 0.3) is 0 Å². The van der Waals surface area contributed by atoms with Crippen molar-refractivity contribution >= 4 is 23.9 Å². The van der Waals surface area contributed by atoms with Crippen LogP contribution in [-0.2, 0) is 17.6 Å². The molecule has 0 saturated carbocycles. The van der Waals surface area contributed by atoms with Crippen molar-refractivity contribution in [3.63, 3.8) is 0 Å². The lowest BCUT2D eigenvalue weighted by atomic mass is 9.92. The third-order valence-corrected chi connectivity index (χ3v) is 5.11. The minimum absolute atomic E-state index is 0.000370. The Balaban J connectivity index is 0.000000257. The lowest BCUT2D eigenvalue weighted by molar-refractivity contribution is -0.138. The highest BCUT2D eigenvalue weighted by molar-refractivity contribution is 5.94. The average Bonchev–Trinajstić information content (AvgIpc) is 2.83. The summed E-state index contributed by atoms with van der Waals surface area (Å²) >= 11 is 0. The van der Waals surface area contributed by atoms with Gasteiger partial charge in [0.1, 0.15) is 0 Å². The summed E-state index contributed by atoms with van der Waals surface area (Å²) < 4.78 is 0. The zero-order valence-electron chi connectivity index (χ0n) is 18.3. The molecule has 0 bridgehead atoms.